The van der Waals surface area contributed by atoms with Crippen LogP contribution in [-0.2, 0) is 6.18 Å². The smallest absolute Gasteiger partial charge is 0.396 e. The minimum atomic E-state index is -4.61. The predicted molar refractivity (Wildman–Crippen MR) is 77.0 cm³/mol. The number of fused-ring (bicyclic) bond motifs is 1. The van der Waals surface area contributed by atoms with E-state index in [-0.39, 0.29) is 18.4 Å². The van der Waals surface area contributed by atoms with Crippen LogP contribution in [0.1, 0.15) is 37.2 Å². The highest BCUT2D eigenvalue weighted by Crippen LogP contribution is 2.31. The zero-order valence-corrected chi connectivity index (χ0v) is 12.6. The van der Waals surface area contributed by atoms with E-state index < -0.39 is 12.0 Å². The van der Waals surface area contributed by atoms with Gasteiger partial charge in [-0.25, -0.2) is 4.98 Å². The van der Waals surface area contributed by atoms with E-state index in [0.29, 0.717) is 23.9 Å². The van der Waals surface area contributed by atoms with E-state index in [1.807, 2.05) is 0 Å². The molecular weight excluding hydrogens is 311 g/mol. The molecule has 0 bridgehead atoms. The molecule has 0 amide bonds. The van der Waals surface area contributed by atoms with Crippen LogP contribution in [0, 0.1) is 12.8 Å². The van der Waals surface area contributed by atoms with Crippen LogP contribution in [-0.4, -0.2) is 37.3 Å². The number of anilines is 1. The van der Waals surface area contributed by atoms with Gasteiger partial charge in [0.25, 0.3) is 11.6 Å². The van der Waals surface area contributed by atoms with Crippen molar-refractivity contribution in [1.29, 1.82) is 0 Å². The summed E-state index contributed by atoms with van der Waals surface area (Å²) in [5, 5.41) is 15.9. The maximum absolute atomic E-state index is 12.8. The fraction of sp³-hybridized carbons (Fsp3) is 0.643. The Morgan fingerprint density at radius 1 is 1.35 bits per heavy atom. The van der Waals surface area contributed by atoms with Gasteiger partial charge in [-0.05, 0) is 32.1 Å². The van der Waals surface area contributed by atoms with E-state index >= 15 is 0 Å². The van der Waals surface area contributed by atoms with E-state index in [4.69, 9.17) is 5.11 Å². The summed E-state index contributed by atoms with van der Waals surface area (Å²) in [6.07, 6.45) is -0.993. The molecule has 2 unspecified atom stereocenters. The summed E-state index contributed by atoms with van der Waals surface area (Å²) >= 11 is 0. The number of nitrogens with one attached hydrogen (secondary N) is 1. The van der Waals surface area contributed by atoms with Crippen molar-refractivity contribution in [3.8, 4) is 0 Å². The molecule has 2 aromatic heterocycles. The minimum Gasteiger partial charge on any atom is -0.396 e. The van der Waals surface area contributed by atoms with Crippen molar-refractivity contribution in [2.24, 2.45) is 5.92 Å². The Bertz CT molecular complexity index is 700. The molecule has 126 valence electrons. The highest BCUT2D eigenvalue weighted by molar-refractivity contribution is 5.46. The van der Waals surface area contributed by atoms with Crippen LogP contribution in [0.25, 0.3) is 5.78 Å². The Hall–Kier alpha value is -1.90. The van der Waals surface area contributed by atoms with Crippen molar-refractivity contribution in [1.82, 2.24) is 19.6 Å². The SMILES string of the molecule is Cc1cc(NC2CCCC2CCO)n2nc(C(F)(F)F)nc2n1. The van der Waals surface area contributed by atoms with Crippen LogP contribution in [0.5, 0.6) is 0 Å². The maximum atomic E-state index is 12.8. The summed E-state index contributed by atoms with van der Waals surface area (Å²) in [6, 6.07) is 1.77. The number of hydrogen-bond acceptors (Lipinski definition) is 5. The van der Waals surface area contributed by atoms with Gasteiger partial charge in [0.2, 0.25) is 0 Å². The molecule has 0 aliphatic heterocycles. The molecule has 0 radical (unpaired) electrons. The van der Waals surface area contributed by atoms with Crippen LogP contribution in [0.15, 0.2) is 6.07 Å². The topological polar surface area (TPSA) is 75.3 Å². The van der Waals surface area contributed by atoms with E-state index in [1.165, 1.54) is 0 Å². The second-order valence-corrected chi connectivity index (χ2v) is 5.88. The van der Waals surface area contributed by atoms with E-state index in [1.54, 1.807) is 13.0 Å². The maximum Gasteiger partial charge on any atom is 0.453 e. The molecule has 6 nitrogen and oxygen atoms in total. The molecule has 1 saturated carbocycles. The number of halogens is 3. The number of hydrogen-bond donors (Lipinski definition) is 2. The molecular formula is C14H18F3N5O. The van der Waals surface area contributed by atoms with E-state index in [2.05, 4.69) is 20.4 Å². The van der Waals surface area contributed by atoms with Gasteiger partial charge in [-0.3, -0.25) is 0 Å². The molecule has 0 saturated heterocycles. The van der Waals surface area contributed by atoms with Crippen LogP contribution < -0.4 is 5.32 Å². The highest BCUT2D eigenvalue weighted by atomic mass is 19.4. The van der Waals surface area contributed by atoms with E-state index in [9.17, 15) is 13.2 Å². The lowest BCUT2D eigenvalue weighted by Gasteiger charge is -2.21. The summed E-state index contributed by atoms with van der Waals surface area (Å²) in [7, 11) is 0. The van der Waals surface area contributed by atoms with Crippen molar-refractivity contribution in [2.45, 2.75) is 44.8 Å². The Balaban J connectivity index is 1.95. The monoisotopic (exact) mass is 329 g/mol. The number of aromatic nitrogens is 4. The van der Waals surface area contributed by atoms with Gasteiger partial charge in [-0.1, -0.05) is 6.42 Å². The number of rotatable bonds is 4. The first-order chi connectivity index (χ1) is 10.9. The Labute approximate surface area is 130 Å². The van der Waals surface area contributed by atoms with Crippen LogP contribution in [0.3, 0.4) is 0 Å². The van der Waals surface area contributed by atoms with Crippen LogP contribution in [0.4, 0.5) is 19.0 Å². The molecule has 2 aromatic rings. The predicted octanol–water partition coefficient (Wildman–Crippen LogP) is 2.41. The largest absolute Gasteiger partial charge is 0.453 e. The average molecular weight is 329 g/mol. The molecule has 23 heavy (non-hydrogen) atoms. The van der Waals surface area contributed by atoms with Crippen molar-refractivity contribution in [3.05, 3.63) is 17.6 Å². The van der Waals surface area contributed by atoms with Gasteiger partial charge < -0.3 is 10.4 Å². The zero-order valence-electron chi connectivity index (χ0n) is 12.6. The lowest BCUT2D eigenvalue weighted by Crippen LogP contribution is -2.26. The first-order valence-corrected chi connectivity index (χ1v) is 7.57. The molecule has 3 rings (SSSR count). The van der Waals surface area contributed by atoms with Gasteiger partial charge in [0, 0.05) is 24.4 Å². The Morgan fingerprint density at radius 2 is 2.13 bits per heavy atom. The van der Waals surface area contributed by atoms with Crippen LogP contribution >= 0.6 is 0 Å². The third-order valence-corrected chi connectivity index (χ3v) is 4.19. The van der Waals surface area contributed by atoms with Gasteiger partial charge in [0.05, 0.1) is 0 Å². The van der Waals surface area contributed by atoms with Gasteiger partial charge in [-0.2, -0.15) is 22.7 Å². The zero-order chi connectivity index (χ0) is 16.6. The third kappa shape index (κ3) is 3.24. The molecule has 1 aliphatic rings. The summed E-state index contributed by atoms with van der Waals surface area (Å²) in [5.41, 5.74) is 0.567. The van der Waals surface area contributed by atoms with Crippen molar-refractivity contribution < 1.29 is 18.3 Å². The standard InChI is InChI=1S/C14H18F3N5O/c1-8-7-11(19-10-4-2-3-9(10)5-6-23)22-13(18-8)20-12(21-22)14(15,16)17/h7,9-10,19,23H,2-6H2,1H3. The number of alkyl halides is 3. The minimum absolute atomic E-state index is 0.0727. The number of aliphatic hydroxyl groups is 1. The molecule has 2 N–H and O–H groups in total. The molecule has 1 aliphatic carbocycles. The summed E-state index contributed by atoms with van der Waals surface area (Å²) < 4.78 is 39.5. The molecule has 2 heterocycles. The second-order valence-electron chi connectivity index (χ2n) is 5.88. The summed E-state index contributed by atoms with van der Waals surface area (Å²) in [4.78, 5) is 7.48. The summed E-state index contributed by atoms with van der Waals surface area (Å²) in [6.45, 7) is 1.81. The number of aliphatic hydroxyl groups excluding tert-OH is 1. The molecule has 0 aromatic carbocycles. The lowest BCUT2D eigenvalue weighted by molar-refractivity contribution is -0.144. The fourth-order valence-electron chi connectivity index (χ4n) is 3.14. The number of aryl methyl sites for hydroxylation is 1. The van der Waals surface area contributed by atoms with Gasteiger partial charge in [0.15, 0.2) is 0 Å². The summed E-state index contributed by atoms with van der Waals surface area (Å²) in [5.74, 6) is -0.520. The van der Waals surface area contributed by atoms with Gasteiger partial charge in [-0.15, -0.1) is 5.10 Å². The van der Waals surface area contributed by atoms with E-state index in [0.717, 1.165) is 23.8 Å². The average Bonchev–Trinajstić information content (AvgIpc) is 3.06. The normalized spacial score (nSPS) is 22.0. The van der Waals surface area contributed by atoms with Crippen molar-refractivity contribution in [2.75, 3.05) is 11.9 Å². The first kappa shape index (κ1) is 16.0. The fourth-order valence-corrected chi connectivity index (χ4v) is 3.14. The van der Waals surface area contributed by atoms with Gasteiger partial charge in [0.1, 0.15) is 5.82 Å². The quantitative estimate of drug-likeness (QED) is 0.901. The third-order valence-electron chi connectivity index (χ3n) is 4.19. The van der Waals surface area contributed by atoms with Crippen LogP contribution in [0.2, 0.25) is 0 Å². The van der Waals surface area contributed by atoms with Crippen molar-refractivity contribution in [3.63, 3.8) is 0 Å². The second kappa shape index (κ2) is 5.95. The first-order valence-electron chi connectivity index (χ1n) is 7.57. The lowest BCUT2D eigenvalue weighted by atomic mass is 10.00. The number of nitrogens with zero attached hydrogens (tertiary/aromatic N) is 4. The van der Waals surface area contributed by atoms with Crippen molar-refractivity contribution >= 4 is 11.6 Å². The Kier molecular flexibility index (Phi) is 4.13. The highest BCUT2D eigenvalue weighted by Gasteiger charge is 2.37. The molecule has 1 fully saturated rings. The Morgan fingerprint density at radius 3 is 2.83 bits per heavy atom. The van der Waals surface area contributed by atoms with Gasteiger partial charge >= 0.3 is 6.18 Å². The molecule has 9 heteroatoms. The molecule has 2 atom stereocenters. The molecule has 0 spiro atoms.